The third-order valence-corrected chi connectivity index (χ3v) is 9.60. The van der Waals surface area contributed by atoms with E-state index in [1.807, 2.05) is 18.2 Å². The van der Waals surface area contributed by atoms with Crippen molar-refractivity contribution in [3.8, 4) is 11.1 Å². The normalized spacial score (nSPS) is 17.3. The summed E-state index contributed by atoms with van der Waals surface area (Å²) in [5, 5.41) is 5.76. The van der Waals surface area contributed by atoms with Crippen molar-refractivity contribution in [2.45, 2.75) is 24.8 Å². The Morgan fingerprint density at radius 1 is 1.16 bits per heavy atom. The van der Waals surface area contributed by atoms with Crippen molar-refractivity contribution in [1.29, 1.82) is 0 Å². The summed E-state index contributed by atoms with van der Waals surface area (Å²) in [4.78, 5) is 42.1. The fourth-order valence-corrected chi connectivity index (χ4v) is 7.05. The zero-order valence-corrected chi connectivity index (χ0v) is 22.5. The Hall–Kier alpha value is -3.13. The van der Waals surface area contributed by atoms with Gasteiger partial charge in [0.05, 0.1) is 35.7 Å². The number of hydrogen-bond donors (Lipinski definition) is 2. The molecule has 1 aromatic carbocycles. The summed E-state index contributed by atoms with van der Waals surface area (Å²) < 4.78 is 35.3. The van der Waals surface area contributed by atoms with Gasteiger partial charge in [-0.05, 0) is 42.2 Å². The van der Waals surface area contributed by atoms with Crippen LogP contribution in [0.25, 0.3) is 21.3 Å². The Morgan fingerprint density at radius 2 is 1.89 bits per heavy atom. The molecule has 2 aliphatic rings. The van der Waals surface area contributed by atoms with Gasteiger partial charge in [0.25, 0.3) is 5.56 Å². The summed E-state index contributed by atoms with van der Waals surface area (Å²) in [5.74, 6) is -2.44. The van der Waals surface area contributed by atoms with Crippen LogP contribution in [-0.2, 0) is 31.4 Å². The van der Waals surface area contributed by atoms with E-state index in [1.54, 1.807) is 25.4 Å². The largest absolute Gasteiger partial charge is 0.379 e. The van der Waals surface area contributed by atoms with Crippen LogP contribution < -0.4 is 16.2 Å². The molecule has 38 heavy (non-hydrogen) atoms. The van der Waals surface area contributed by atoms with Crippen molar-refractivity contribution < 1.29 is 22.7 Å². The van der Waals surface area contributed by atoms with E-state index in [1.165, 1.54) is 20.2 Å². The number of aromatic nitrogens is 2. The van der Waals surface area contributed by atoms with Gasteiger partial charge in [0.15, 0.2) is 0 Å². The number of ether oxygens (including phenoxy) is 1. The van der Waals surface area contributed by atoms with Crippen LogP contribution in [0.3, 0.4) is 0 Å². The van der Waals surface area contributed by atoms with E-state index in [0.29, 0.717) is 23.7 Å². The number of nitrogens with one attached hydrogen (secondary N) is 2. The maximum atomic E-state index is 13.3. The molecule has 1 saturated carbocycles. The highest BCUT2D eigenvalue weighted by Gasteiger charge is 2.34. The molecule has 11 nitrogen and oxygen atoms in total. The Kier molecular flexibility index (Phi) is 7.61. The molecule has 1 atom stereocenters. The van der Waals surface area contributed by atoms with Crippen LogP contribution in [0.5, 0.6) is 0 Å². The molecule has 1 unspecified atom stereocenters. The molecule has 1 aliphatic heterocycles. The minimum atomic E-state index is -3.80. The average Bonchev–Trinajstić information content (AvgIpc) is 3.62. The van der Waals surface area contributed by atoms with Crippen molar-refractivity contribution >= 4 is 43.4 Å². The lowest BCUT2D eigenvalue weighted by molar-refractivity contribution is -0.126. The van der Waals surface area contributed by atoms with Crippen LogP contribution in [0.4, 0.5) is 0 Å². The summed E-state index contributed by atoms with van der Waals surface area (Å²) >= 11 is 1.23. The maximum Gasteiger partial charge on any atom is 0.250 e. The number of fused-ring (bicyclic) bond motifs is 1. The van der Waals surface area contributed by atoms with E-state index in [9.17, 15) is 22.8 Å². The molecule has 0 radical (unpaired) electrons. The molecule has 2 amide bonds. The number of pyridine rings is 1. The monoisotopic (exact) mass is 559 g/mol. The molecule has 2 N–H and O–H groups in total. The second kappa shape index (κ2) is 10.9. The third-order valence-electron chi connectivity index (χ3n) is 6.56. The first kappa shape index (κ1) is 26.5. The van der Waals surface area contributed by atoms with Crippen LogP contribution in [0.1, 0.15) is 23.8 Å². The molecule has 1 saturated heterocycles. The molecule has 5 rings (SSSR count). The van der Waals surface area contributed by atoms with Gasteiger partial charge < -0.3 is 19.9 Å². The van der Waals surface area contributed by atoms with E-state index in [0.717, 1.165) is 28.7 Å². The standard InChI is InChI=1S/C25H29N5O6S2/c1-29-7-6-17(13-23(29)32)16-2-5-20-21(12-16)37-25(28-20)19(15-38(34,35)30-8-10-36-11-9-30)24(33)26-14-22(31)27-18-3-4-18/h2,5-7,12-13,18-19H,3-4,8-11,14-15H2,1H3,(H,26,33)(H,27,31). The number of amides is 2. The molecule has 0 bridgehead atoms. The lowest BCUT2D eigenvalue weighted by atomic mass is 10.1. The molecular weight excluding hydrogens is 530 g/mol. The summed E-state index contributed by atoms with van der Waals surface area (Å²) in [6.45, 7) is 0.801. The topological polar surface area (TPSA) is 140 Å². The molecule has 202 valence electrons. The number of sulfonamides is 1. The highest BCUT2D eigenvalue weighted by Crippen LogP contribution is 2.32. The summed E-state index contributed by atoms with van der Waals surface area (Å²) in [6, 6.07) is 9.03. The van der Waals surface area contributed by atoms with E-state index in [4.69, 9.17) is 4.74 Å². The van der Waals surface area contributed by atoms with Crippen molar-refractivity contribution in [2.24, 2.45) is 7.05 Å². The smallest absolute Gasteiger partial charge is 0.250 e. The second-order valence-electron chi connectivity index (χ2n) is 9.50. The predicted molar refractivity (Wildman–Crippen MR) is 143 cm³/mol. The lowest BCUT2D eigenvalue weighted by Crippen LogP contribution is -2.45. The van der Waals surface area contributed by atoms with Gasteiger partial charge in [-0.2, -0.15) is 4.31 Å². The predicted octanol–water partition coefficient (Wildman–Crippen LogP) is 0.802. The van der Waals surface area contributed by atoms with Crippen molar-refractivity contribution in [3.05, 3.63) is 51.9 Å². The molecule has 3 aromatic rings. The third kappa shape index (κ3) is 6.12. The molecule has 1 aliphatic carbocycles. The Balaban J connectivity index is 1.42. The number of nitrogens with zero attached hydrogens (tertiary/aromatic N) is 3. The molecule has 2 aromatic heterocycles. The summed E-state index contributed by atoms with van der Waals surface area (Å²) in [5.41, 5.74) is 2.04. The molecule has 2 fully saturated rings. The highest BCUT2D eigenvalue weighted by molar-refractivity contribution is 7.89. The Morgan fingerprint density at radius 3 is 2.61 bits per heavy atom. The first-order chi connectivity index (χ1) is 18.2. The van der Waals surface area contributed by atoms with Crippen LogP contribution >= 0.6 is 11.3 Å². The number of morpholine rings is 1. The molecule has 13 heteroatoms. The number of hydrogen-bond acceptors (Lipinski definition) is 8. The molecule has 0 spiro atoms. The number of carbonyl (C=O) groups excluding carboxylic acids is 2. The average molecular weight is 560 g/mol. The van der Waals surface area contributed by atoms with Gasteiger partial charge in [-0.15, -0.1) is 11.3 Å². The van der Waals surface area contributed by atoms with Crippen molar-refractivity contribution in [3.63, 3.8) is 0 Å². The fourth-order valence-electron chi connectivity index (χ4n) is 4.20. The first-order valence-electron chi connectivity index (χ1n) is 12.4. The van der Waals surface area contributed by atoms with Gasteiger partial charge in [0, 0.05) is 38.4 Å². The number of rotatable bonds is 9. The maximum absolute atomic E-state index is 13.3. The van der Waals surface area contributed by atoms with Gasteiger partial charge in [-0.1, -0.05) is 6.07 Å². The summed E-state index contributed by atoms with van der Waals surface area (Å²) in [6.07, 6.45) is 3.53. The van der Waals surface area contributed by atoms with E-state index >= 15 is 0 Å². The number of aryl methyl sites for hydroxylation is 1. The van der Waals surface area contributed by atoms with Crippen LogP contribution in [0, 0.1) is 0 Å². The summed E-state index contributed by atoms with van der Waals surface area (Å²) in [7, 11) is -2.12. The quantitative estimate of drug-likeness (QED) is 0.395. The SMILES string of the molecule is Cn1ccc(-c2ccc3nc(C(CS(=O)(=O)N4CCOCC4)C(=O)NCC(=O)NC4CC4)sc3c2)cc1=O. The van der Waals surface area contributed by atoms with Gasteiger partial charge in [-0.25, -0.2) is 13.4 Å². The van der Waals surface area contributed by atoms with Crippen LogP contribution in [0.2, 0.25) is 0 Å². The Labute approximate surface area is 223 Å². The van der Waals surface area contributed by atoms with Gasteiger partial charge in [-0.3, -0.25) is 14.4 Å². The highest BCUT2D eigenvalue weighted by atomic mass is 32.2. The van der Waals surface area contributed by atoms with Crippen LogP contribution in [-0.4, -0.2) is 78.7 Å². The van der Waals surface area contributed by atoms with Gasteiger partial charge >= 0.3 is 0 Å². The second-order valence-corrected chi connectivity index (χ2v) is 12.6. The zero-order chi connectivity index (χ0) is 26.9. The van der Waals surface area contributed by atoms with E-state index < -0.39 is 27.6 Å². The van der Waals surface area contributed by atoms with Gasteiger partial charge in [0.2, 0.25) is 21.8 Å². The molecule has 3 heterocycles. The fraction of sp³-hybridized carbons (Fsp3) is 0.440. The number of benzene rings is 1. The van der Waals surface area contributed by atoms with Gasteiger partial charge in [0.1, 0.15) is 10.9 Å². The number of carbonyl (C=O) groups is 2. The lowest BCUT2D eigenvalue weighted by Gasteiger charge is -2.27. The van der Waals surface area contributed by atoms with E-state index in [2.05, 4.69) is 15.6 Å². The first-order valence-corrected chi connectivity index (χ1v) is 14.8. The van der Waals surface area contributed by atoms with Crippen molar-refractivity contribution in [2.75, 3.05) is 38.6 Å². The Bertz CT molecular complexity index is 1520. The van der Waals surface area contributed by atoms with E-state index in [-0.39, 0.29) is 37.1 Å². The minimum Gasteiger partial charge on any atom is -0.379 e. The van der Waals surface area contributed by atoms with Crippen molar-refractivity contribution in [1.82, 2.24) is 24.5 Å². The minimum absolute atomic E-state index is 0.136. The van der Waals surface area contributed by atoms with Crippen LogP contribution in [0.15, 0.2) is 41.3 Å². The number of thiazole rings is 1. The molecular formula is C25H29N5O6S2. The zero-order valence-electron chi connectivity index (χ0n) is 20.9.